The lowest BCUT2D eigenvalue weighted by atomic mass is 10.3. The highest BCUT2D eigenvalue weighted by Gasteiger charge is 2.08. The molecule has 7 heteroatoms. The summed E-state index contributed by atoms with van der Waals surface area (Å²) >= 11 is 1.80. The number of anilines is 2. The van der Waals surface area contributed by atoms with E-state index in [0.717, 1.165) is 18.4 Å². The molecular weight excluding hydrogens is 260 g/mol. The molecule has 0 aromatic carbocycles. The van der Waals surface area contributed by atoms with E-state index in [1.165, 1.54) is 9.75 Å². The average molecular weight is 274 g/mol. The second-order valence-electron chi connectivity index (χ2n) is 4.14. The van der Waals surface area contributed by atoms with Gasteiger partial charge in [0.1, 0.15) is 5.82 Å². The molecule has 0 saturated carbocycles. The Morgan fingerprint density at radius 3 is 2.95 bits per heavy atom. The van der Waals surface area contributed by atoms with Gasteiger partial charge in [0.05, 0.1) is 18.1 Å². The Morgan fingerprint density at radius 2 is 2.16 bits per heavy atom. The molecule has 0 atom stereocenters. The number of fused-ring (bicyclic) bond motifs is 1. The van der Waals surface area contributed by atoms with E-state index in [-0.39, 0.29) is 5.95 Å². The number of thiophene rings is 1. The summed E-state index contributed by atoms with van der Waals surface area (Å²) in [5.74, 6) is 0.947. The van der Waals surface area contributed by atoms with E-state index in [1.807, 2.05) is 0 Å². The number of nitrogens with one attached hydrogen (secondary N) is 2. The quantitative estimate of drug-likeness (QED) is 0.678. The van der Waals surface area contributed by atoms with Crippen LogP contribution >= 0.6 is 11.3 Å². The van der Waals surface area contributed by atoms with Crippen LogP contribution in [0, 0.1) is 0 Å². The molecule has 3 aromatic rings. The van der Waals surface area contributed by atoms with Crippen molar-refractivity contribution in [3.05, 3.63) is 28.1 Å². The number of aromatic amines is 1. The molecule has 0 fully saturated rings. The Morgan fingerprint density at radius 1 is 1.32 bits per heavy atom. The molecule has 0 radical (unpaired) electrons. The minimum Gasteiger partial charge on any atom is -0.368 e. The van der Waals surface area contributed by atoms with Crippen LogP contribution in [-0.4, -0.2) is 20.2 Å². The van der Waals surface area contributed by atoms with Crippen molar-refractivity contribution in [3.8, 4) is 0 Å². The van der Waals surface area contributed by atoms with E-state index in [0.29, 0.717) is 11.5 Å². The molecule has 0 aliphatic rings. The van der Waals surface area contributed by atoms with Crippen LogP contribution in [0.15, 0.2) is 18.3 Å². The van der Waals surface area contributed by atoms with Crippen molar-refractivity contribution in [2.45, 2.75) is 19.9 Å². The van der Waals surface area contributed by atoms with Gasteiger partial charge in [-0.25, -0.2) is 0 Å². The normalized spacial score (nSPS) is 11.0. The third kappa shape index (κ3) is 2.37. The van der Waals surface area contributed by atoms with Crippen molar-refractivity contribution in [1.29, 1.82) is 0 Å². The zero-order chi connectivity index (χ0) is 13.2. The van der Waals surface area contributed by atoms with Gasteiger partial charge in [0, 0.05) is 9.75 Å². The van der Waals surface area contributed by atoms with Crippen molar-refractivity contribution >= 4 is 34.1 Å². The van der Waals surface area contributed by atoms with Gasteiger partial charge in [0.15, 0.2) is 5.65 Å². The molecule has 0 bridgehead atoms. The Balaban J connectivity index is 1.83. The fourth-order valence-corrected chi connectivity index (χ4v) is 2.76. The van der Waals surface area contributed by atoms with Gasteiger partial charge in [-0.05, 0) is 18.6 Å². The molecule has 4 N–H and O–H groups in total. The number of rotatable bonds is 4. The number of nitrogens with zero attached hydrogens (tertiary/aromatic N) is 3. The first-order valence-corrected chi connectivity index (χ1v) is 6.86. The van der Waals surface area contributed by atoms with Crippen molar-refractivity contribution < 1.29 is 0 Å². The molecule has 0 aliphatic carbocycles. The van der Waals surface area contributed by atoms with E-state index in [4.69, 9.17) is 5.73 Å². The molecule has 19 heavy (non-hydrogen) atoms. The number of hydrogen-bond acceptors (Lipinski definition) is 6. The molecule has 0 aliphatic heterocycles. The van der Waals surface area contributed by atoms with Crippen LogP contribution in [0.4, 0.5) is 11.8 Å². The van der Waals surface area contributed by atoms with Crippen molar-refractivity contribution in [2.75, 3.05) is 11.1 Å². The first-order valence-electron chi connectivity index (χ1n) is 6.04. The molecule has 6 nitrogen and oxygen atoms in total. The predicted molar refractivity (Wildman–Crippen MR) is 77.1 cm³/mol. The summed E-state index contributed by atoms with van der Waals surface area (Å²) in [5, 5.41) is 10.9. The second-order valence-corrected chi connectivity index (χ2v) is 5.39. The number of nitrogens with two attached hydrogens (primary N) is 1. The summed E-state index contributed by atoms with van der Waals surface area (Å²) < 4.78 is 0. The number of hydrogen-bond donors (Lipinski definition) is 3. The van der Waals surface area contributed by atoms with Crippen LogP contribution in [0.2, 0.25) is 0 Å². The minimum absolute atomic E-state index is 0.236. The smallest absolute Gasteiger partial charge is 0.224 e. The van der Waals surface area contributed by atoms with Gasteiger partial charge in [-0.15, -0.1) is 11.3 Å². The Bertz CT molecular complexity index is 701. The average Bonchev–Trinajstić information content (AvgIpc) is 3.03. The lowest BCUT2D eigenvalue weighted by molar-refractivity contribution is 1.09. The maximum atomic E-state index is 5.67. The van der Waals surface area contributed by atoms with E-state index >= 15 is 0 Å². The zero-order valence-electron chi connectivity index (χ0n) is 10.5. The first-order chi connectivity index (χ1) is 9.26. The Kier molecular flexibility index (Phi) is 3.04. The maximum Gasteiger partial charge on any atom is 0.224 e. The van der Waals surface area contributed by atoms with E-state index in [9.17, 15) is 0 Å². The van der Waals surface area contributed by atoms with Crippen LogP contribution in [0.3, 0.4) is 0 Å². The summed E-state index contributed by atoms with van der Waals surface area (Å²) in [7, 11) is 0. The zero-order valence-corrected chi connectivity index (χ0v) is 11.3. The third-order valence-corrected chi connectivity index (χ3v) is 4.05. The molecule has 0 saturated heterocycles. The molecule has 98 valence electrons. The van der Waals surface area contributed by atoms with Crippen LogP contribution in [0.1, 0.15) is 16.7 Å². The predicted octanol–water partition coefficient (Wildman–Crippen LogP) is 2.17. The SMILES string of the molecule is CCc1ccc(CNc2nc(N)nc3[nH]ncc23)s1. The summed E-state index contributed by atoms with van der Waals surface area (Å²) in [6.45, 7) is 2.88. The van der Waals surface area contributed by atoms with E-state index in [1.54, 1.807) is 17.5 Å². The van der Waals surface area contributed by atoms with Gasteiger partial charge in [-0.3, -0.25) is 5.10 Å². The van der Waals surface area contributed by atoms with Crippen LogP contribution in [0.5, 0.6) is 0 Å². The summed E-state index contributed by atoms with van der Waals surface area (Å²) in [5.41, 5.74) is 6.32. The molecule has 3 rings (SSSR count). The standard InChI is InChI=1S/C12H14N6S/c1-2-7-3-4-8(19-7)5-14-10-9-6-15-18-11(9)17-12(13)16-10/h3-4,6H,2,5H2,1H3,(H4,13,14,15,16,17,18). The molecule has 3 heterocycles. The fourth-order valence-electron chi connectivity index (χ4n) is 1.87. The first kappa shape index (κ1) is 11.9. The Hall–Kier alpha value is -2.15. The van der Waals surface area contributed by atoms with Crippen molar-refractivity contribution in [3.63, 3.8) is 0 Å². The van der Waals surface area contributed by atoms with Gasteiger partial charge in [0.2, 0.25) is 5.95 Å². The van der Waals surface area contributed by atoms with Gasteiger partial charge in [-0.2, -0.15) is 15.1 Å². The number of nitrogen functional groups attached to an aromatic ring is 1. The molecule has 3 aromatic heterocycles. The van der Waals surface area contributed by atoms with Crippen molar-refractivity contribution in [2.24, 2.45) is 0 Å². The molecule has 0 unspecified atom stereocenters. The van der Waals surface area contributed by atoms with Crippen molar-refractivity contribution in [1.82, 2.24) is 20.2 Å². The van der Waals surface area contributed by atoms with Crippen LogP contribution in [-0.2, 0) is 13.0 Å². The monoisotopic (exact) mass is 274 g/mol. The largest absolute Gasteiger partial charge is 0.368 e. The third-order valence-electron chi connectivity index (χ3n) is 2.82. The van der Waals surface area contributed by atoms with E-state index < -0.39 is 0 Å². The second kappa shape index (κ2) is 4.85. The minimum atomic E-state index is 0.236. The summed E-state index contributed by atoms with van der Waals surface area (Å²) in [4.78, 5) is 10.9. The van der Waals surface area contributed by atoms with Gasteiger partial charge in [0.25, 0.3) is 0 Å². The van der Waals surface area contributed by atoms with Gasteiger partial charge >= 0.3 is 0 Å². The molecule has 0 spiro atoms. The Labute approximate surface area is 114 Å². The topological polar surface area (TPSA) is 92.5 Å². The summed E-state index contributed by atoms with van der Waals surface area (Å²) in [6, 6.07) is 4.29. The van der Waals surface area contributed by atoms with Crippen LogP contribution < -0.4 is 11.1 Å². The lowest BCUT2D eigenvalue weighted by Crippen LogP contribution is -2.04. The van der Waals surface area contributed by atoms with Crippen LogP contribution in [0.25, 0.3) is 11.0 Å². The highest BCUT2D eigenvalue weighted by atomic mass is 32.1. The maximum absolute atomic E-state index is 5.67. The van der Waals surface area contributed by atoms with E-state index in [2.05, 4.69) is 44.5 Å². The fraction of sp³-hybridized carbons (Fsp3) is 0.250. The van der Waals surface area contributed by atoms with Gasteiger partial charge in [-0.1, -0.05) is 6.92 Å². The highest BCUT2D eigenvalue weighted by Crippen LogP contribution is 2.22. The molecule has 0 amide bonds. The highest BCUT2D eigenvalue weighted by molar-refractivity contribution is 7.12. The summed E-state index contributed by atoms with van der Waals surface area (Å²) in [6.07, 6.45) is 2.76. The van der Waals surface area contributed by atoms with Gasteiger partial charge < -0.3 is 11.1 Å². The number of H-pyrrole nitrogens is 1. The number of aryl methyl sites for hydroxylation is 1. The lowest BCUT2D eigenvalue weighted by Gasteiger charge is -2.05. The number of aromatic nitrogens is 4. The molecular formula is C12H14N6S.